The van der Waals surface area contributed by atoms with Crippen LogP contribution in [0.15, 0.2) is 77.6 Å². The average Bonchev–Trinajstić information content (AvgIpc) is 2.99. The van der Waals surface area contributed by atoms with Gasteiger partial charge in [0.2, 0.25) is 0 Å². The molecule has 4 aromatic rings. The second-order valence-electron chi connectivity index (χ2n) is 13.0. The van der Waals surface area contributed by atoms with Crippen LogP contribution in [0.1, 0.15) is 75.1 Å². The number of aromatic nitrogens is 3. The zero-order valence-electron chi connectivity index (χ0n) is 27.0. The number of halogens is 1. The first-order valence-corrected chi connectivity index (χ1v) is 14.9. The SMILES string of the molecule is CC(C)(C)OC(=O)C(CCn1nnc2ccc(F)cc2c1=O)(CC(=O)c1ccc(OC(=O)c2ccccc2)cc1)C(=O)OC(C)(C)C. The Labute approximate surface area is 270 Å². The van der Waals surface area contributed by atoms with Crippen molar-refractivity contribution in [3.63, 3.8) is 0 Å². The summed E-state index contributed by atoms with van der Waals surface area (Å²) in [5.74, 6) is -3.76. The molecule has 0 unspecified atom stereocenters. The van der Waals surface area contributed by atoms with Crippen LogP contribution in [-0.2, 0) is 25.6 Å². The Morgan fingerprint density at radius 3 is 1.96 bits per heavy atom. The van der Waals surface area contributed by atoms with Crippen LogP contribution in [0.4, 0.5) is 4.39 Å². The van der Waals surface area contributed by atoms with Crippen molar-refractivity contribution in [2.75, 3.05) is 0 Å². The van der Waals surface area contributed by atoms with Gasteiger partial charge in [-0.25, -0.2) is 13.9 Å². The fourth-order valence-electron chi connectivity index (χ4n) is 4.59. The number of hydrogen-bond donors (Lipinski definition) is 0. The summed E-state index contributed by atoms with van der Waals surface area (Å²) in [5, 5.41) is 7.81. The number of ketones is 1. The first-order valence-electron chi connectivity index (χ1n) is 14.9. The van der Waals surface area contributed by atoms with E-state index in [0.717, 1.165) is 16.8 Å². The topological polar surface area (TPSA) is 144 Å². The molecule has 0 bridgehead atoms. The molecule has 246 valence electrons. The highest BCUT2D eigenvalue weighted by molar-refractivity contribution is 6.08. The van der Waals surface area contributed by atoms with Gasteiger partial charge in [-0.1, -0.05) is 23.4 Å². The molecule has 11 nitrogen and oxygen atoms in total. The van der Waals surface area contributed by atoms with Gasteiger partial charge in [0.15, 0.2) is 11.2 Å². The summed E-state index contributed by atoms with van der Waals surface area (Å²) < 4.78 is 31.6. The maximum absolute atomic E-state index is 13.9. The molecule has 12 heteroatoms. The van der Waals surface area contributed by atoms with Crippen molar-refractivity contribution < 1.29 is 37.8 Å². The molecule has 0 fully saturated rings. The molecule has 47 heavy (non-hydrogen) atoms. The summed E-state index contributed by atoms with van der Waals surface area (Å²) in [6.07, 6.45) is -1.13. The Morgan fingerprint density at radius 1 is 0.787 bits per heavy atom. The van der Waals surface area contributed by atoms with Gasteiger partial charge in [-0.15, -0.1) is 5.10 Å². The smallest absolute Gasteiger partial charge is 0.343 e. The predicted octanol–water partition coefficient (Wildman–Crippen LogP) is 5.48. The van der Waals surface area contributed by atoms with E-state index >= 15 is 0 Å². The number of carbonyl (C=O) groups excluding carboxylic acids is 4. The zero-order valence-corrected chi connectivity index (χ0v) is 27.0. The number of hydrogen-bond acceptors (Lipinski definition) is 10. The second-order valence-corrected chi connectivity index (χ2v) is 13.0. The largest absolute Gasteiger partial charge is 0.459 e. The van der Waals surface area contributed by atoms with Crippen LogP contribution >= 0.6 is 0 Å². The van der Waals surface area contributed by atoms with Gasteiger partial charge in [0.1, 0.15) is 28.3 Å². The average molecular weight is 646 g/mol. The van der Waals surface area contributed by atoms with Gasteiger partial charge in [-0.2, -0.15) is 0 Å². The van der Waals surface area contributed by atoms with Gasteiger partial charge < -0.3 is 14.2 Å². The van der Waals surface area contributed by atoms with Gasteiger partial charge >= 0.3 is 17.9 Å². The third-order valence-electron chi connectivity index (χ3n) is 6.87. The number of aryl methyl sites for hydroxylation is 1. The standard InChI is InChI=1S/C35H36FN3O8/c1-33(2,3)46-31(43)35(32(44)47-34(4,5)6,18-19-39-29(41)26-20-24(36)14-17-27(26)37-38-39)21-28(40)22-12-15-25(16-13-22)45-30(42)23-10-8-7-9-11-23/h7-17,20H,18-19,21H2,1-6H3. The highest BCUT2D eigenvalue weighted by Gasteiger charge is 2.52. The van der Waals surface area contributed by atoms with E-state index in [1.54, 1.807) is 71.9 Å². The molecule has 0 radical (unpaired) electrons. The number of ether oxygens (including phenoxy) is 3. The summed E-state index contributed by atoms with van der Waals surface area (Å²) in [5.41, 5.74) is -4.45. The third-order valence-corrected chi connectivity index (χ3v) is 6.87. The van der Waals surface area contributed by atoms with Crippen LogP contribution in [-0.4, -0.2) is 49.9 Å². The zero-order chi connectivity index (χ0) is 34.6. The van der Waals surface area contributed by atoms with Crippen molar-refractivity contribution in [3.8, 4) is 5.75 Å². The van der Waals surface area contributed by atoms with Crippen molar-refractivity contribution in [1.82, 2.24) is 15.0 Å². The summed E-state index contributed by atoms with van der Waals surface area (Å²) in [7, 11) is 0. The van der Waals surface area contributed by atoms with E-state index in [-0.39, 0.29) is 28.8 Å². The van der Waals surface area contributed by atoms with Gasteiger partial charge in [0, 0.05) is 18.5 Å². The molecule has 0 aliphatic heterocycles. The highest BCUT2D eigenvalue weighted by atomic mass is 19.1. The van der Waals surface area contributed by atoms with Gasteiger partial charge in [0.05, 0.1) is 10.9 Å². The molecule has 1 aromatic heterocycles. The van der Waals surface area contributed by atoms with Crippen LogP contribution in [0.3, 0.4) is 0 Å². The fraction of sp³-hybridized carbons (Fsp3) is 0.343. The summed E-state index contributed by atoms with van der Waals surface area (Å²) in [6.45, 7) is 9.28. The summed E-state index contributed by atoms with van der Waals surface area (Å²) in [6, 6.07) is 17.5. The number of benzene rings is 3. The van der Waals surface area contributed by atoms with E-state index in [0.29, 0.717) is 5.56 Å². The van der Waals surface area contributed by atoms with Crippen LogP contribution in [0.25, 0.3) is 10.9 Å². The lowest BCUT2D eigenvalue weighted by molar-refractivity contribution is -0.186. The molecule has 0 spiro atoms. The number of rotatable bonds is 10. The maximum atomic E-state index is 13.9. The van der Waals surface area contributed by atoms with Crippen LogP contribution in [0.2, 0.25) is 0 Å². The van der Waals surface area contributed by atoms with Crippen LogP contribution in [0.5, 0.6) is 5.75 Å². The second kappa shape index (κ2) is 13.6. The first-order chi connectivity index (χ1) is 22.0. The Balaban J connectivity index is 1.69. The van der Waals surface area contributed by atoms with Gasteiger partial charge in [0.25, 0.3) is 5.56 Å². The van der Waals surface area contributed by atoms with E-state index in [1.807, 2.05) is 0 Å². The minimum absolute atomic E-state index is 0.0516. The molecule has 0 saturated carbocycles. The third kappa shape index (κ3) is 8.72. The first kappa shape index (κ1) is 34.6. The number of carbonyl (C=O) groups is 4. The van der Waals surface area contributed by atoms with E-state index in [2.05, 4.69) is 10.3 Å². The molecular formula is C35H36FN3O8. The number of esters is 3. The molecule has 0 amide bonds. The number of fused-ring (bicyclic) bond motifs is 1. The molecule has 0 saturated heterocycles. The molecule has 0 aliphatic rings. The van der Waals surface area contributed by atoms with Gasteiger partial charge in [-0.3, -0.25) is 19.2 Å². The lowest BCUT2D eigenvalue weighted by atomic mass is 9.78. The fourth-order valence-corrected chi connectivity index (χ4v) is 4.59. The van der Waals surface area contributed by atoms with E-state index in [4.69, 9.17) is 14.2 Å². The highest BCUT2D eigenvalue weighted by Crippen LogP contribution is 2.36. The van der Waals surface area contributed by atoms with Crippen molar-refractivity contribution in [3.05, 3.63) is 100 Å². The van der Waals surface area contributed by atoms with Crippen LogP contribution in [0, 0.1) is 11.2 Å². The molecule has 0 N–H and O–H groups in total. The lowest BCUT2D eigenvalue weighted by Gasteiger charge is -2.34. The van der Waals surface area contributed by atoms with E-state index < -0.39 is 64.5 Å². The molecular weight excluding hydrogens is 609 g/mol. The quantitative estimate of drug-likeness (QED) is 0.0941. The van der Waals surface area contributed by atoms with Crippen molar-refractivity contribution >= 4 is 34.6 Å². The Bertz CT molecular complexity index is 1830. The van der Waals surface area contributed by atoms with E-state index in [1.165, 1.54) is 30.3 Å². The van der Waals surface area contributed by atoms with Crippen LogP contribution < -0.4 is 10.3 Å². The minimum Gasteiger partial charge on any atom is -0.459 e. The molecule has 1 heterocycles. The Morgan fingerprint density at radius 2 is 1.38 bits per heavy atom. The van der Waals surface area contributed by atoms with Crippen molar-refractivity contribution in [2.45, 2.75) is 72.1 Å². The van der Waals surface area contributed by atoms with Crippen molar-refractivity contribution in [2.24, 2.45) is 5.41 Å². The van der Waals surface area contributed by atoms with E-state index in [9.17, 15) is 28.4 Å². The Kier molecular flexibility index (Phi) is 10.0. The Hall–Kier alpha value is -5.26. The monoisotopic (exact) mass is 645 g/mol. The summed E-state index contributed by atoms with van der Waals surface area (Å²) >= 11 is 0. The minimum atomic E-state index is -2.23. The molecule has 4 rings (SSSR count). The molecule has 3 aromatic carbocycles. The van der Waals surface area contributed by atoms with Gasteiger partial charge in [-0.05, 0) is 103 Å². The lowest BCUT2D eigenvalue weighted by Crippen LogP contribution is -2.49. The predicted molar refractivity (Wildman–Crippen MR) is 169 cm³/mol. The number of nitrogens with zero attached hydrogens (tertiary/aromatic N) is 3. The molecule has 0 aliphatic carbocycles. The number of Topliss-reactive ketones (excluding diaryl/α,β-unsaturated/α-hetero) is 1. The van der Waals surface area contributed by atoms with Crippen molar-refractivity contribution in [1.29, 1.82) is 0 Å². The summed E-state index contributed by atoms with van der Waals surface area (Å²) in [4.78, 5) is 67.3. The maximum Gasteiger partial charge on any atom is 0.343 e. The normalized spacial score (nSPS) is 12.0. The molecule has 0 atom stereocenters.